The van der Waals surface area contributed by atoms with E-state index in [9.17, 15) is 28.8 Å². The van der Waals surface area contributed by atoms with E-state index in [0.717, 1.165) is 9.80 Å². The minimum atomic E-state index is -0.658. The van der Waals surface area contributed by atoms with Gasteiger partial charge in [-0.2, -0.15) is 0 Å². The molecule has 4 rings (SSSR count). The highest BCUT2D eigenvalue weighted by atomic mass is 16.2. The lowest BCUT2D eigenvalue weighted by Gasteiger charge is -2.31. The van der Waals surface area contributed by atoms with Gasteiger partial charge in [0.15, 0.2) is 0 Å². The fraction of sp³-hybridized carbons (Fsp3) is 0.158. The minimum Gasteiger partial charge on any atom is -0.301 e. The highest BCUT2D eigenvalue weighted by Gasteiger charge is 2.39. The Morgan fingerprint density at radius 3 is 1.48 bits per heavy atom. The van der Waals surface area contributed by atoms with Gasteiger partial charge in [-0.25, -0.2) is 0 Å². The smallest absolute Gasteiger partial charge is 0.261 e. The third-order valence-corrected chi connectivity index (χ3v) is 4.70. The zero-order chi connectivity index (χ0) is 19.5. The molecule has 4 amide bonds. The van der Waals surface area contributed by atoms with Crippen molar-refractivity contribution in [3.05, 3.63) is 46.5 Å². The first-order valence-electron chi connectivity index (χ1n) is 8.12. The summed E-state index contributed by atoms with van der Waals surface area (Å²) >= 11 is 0. The van der Waals surface area contributed by atoms with Crippen LogP contribution < -0.4 is 0 Å². The molecule has 0 atom stereocenters. The summed E-state index contributed by atoms with van der Waals surface area (Å²) in [6.45, 7) is 0.536. The Morgan fingerprint density at radius 2 is 1.15 bits per heavy atom. The van der Waals surface area contributed by atoms with Crippen LogP contribution in [-0.2, 0) is 9.59 Å². The fourth-order valence-corrected chi connectivity index (χ4v) is 3.58. The van der Waals surface area contributed by atoms with Crippen molar-refractivity contribution in [3.63, 3.8) is 0 Å². The summed E-state index contributed by atoms with van der Waals surface area (Å²) in [5, 5.41) is 0.457. The number of carbonyl (C=O) groups excluding carboxylic acids is 6. The summed E-state index contributed by atoms with van der Waals surface area (Å²) in [7, 11) is 0. The molecule has 0 unspecified atom stereocenters. The molecule has 8 nitrogen and oxygen atoms in total. The monoisotopic (exact) mass is 364 g/mol. The fourth-order valence-electron chi connectivity index (χ4n) is 3.58. The van der Waals surface area contributed by atoms with Crippen LogP contribution in [0.5, 0.6) is 0 Å². The first-order chi connectivity index (χ1) is 12.9. The zero-order valence-corrected chi connectivity index (χ0v) is 14.1. The largest absolute Gasteiger partial charge is 0.301 e. The van der Waals surface area contributed by atoms with Crippen molar-refractivity contribution in [2.24, 2.45) is 0 Å². The van der Waals surface area contributed by atoms with Crippen LogP contribution in [-0.4, -0.2) is 58.6 Å². The number of hydrogen-bond donors (Lipinski definition) is 0. The number of ketones is 1. The van der Waals surface area contributed by atoms with E-state index in [1.165, 1.54) is 31.2 Å². The van der Waals surface area contributed by atoms with Crippen LogP contribution in [0.2, 0.25) is 0 Å². The third kappa shape index (κ3) is 2.16. The van der Waals surface area contributed by atoms with Crippen molar-refractivity contribution in [3.8, 4) is 0 Å². The first-order valence-corrected chi connectivity index (χ1v) is 8.12. The van der Waals surface area contributed by atoms with E-state index in [0.29, 0.717) is 6.29 Å². The summed E-state index contributed by atoms with van der Waals surface area (Å²) in [6.07, 6.45) is 0.455. The lowest BCUT2D eigenvalue weighted by molar-refractivity contribution is -0.117. The molecule has 0 aliphatic carbocycles. The zero-order valence-electron chi connectivity index (χ0n) is 14.1. The molecule has 2 aliphatic heterocycles. The van der Waals surface area contributed by atoms with Crippen LogP contribution in [0.1, 0.15) is 48.4 Å². The predicted octanol–water partition coefficient (Wildman–Crippen LogP) is 0.820. The quantitative estimate of drug-likeness (QED) is 0.587. The average molecular weight is 364 g/mol. The molecule has 0 fully saturated rings. The van der Waals surface area contributed by atoms with Gasteiger partial charge in [-0.05, 0) is 31.2 Å². The summed E-state index contributed by atoms with van der Waals surface area (Å²) in [5.41, 5.74) is 0.590. The molecule has 27 heavy (non-hydrogen) atoms. The van der Waals surface area contributed by atoms with Crippen molar-refractivity contribution in [1.82, 2.24) is 9.80 Å². The second-order valence-electron chi connectivity index (χ2n) is 6.36. The number of aldehydes is 1. The van der Waals surface area contributed by atoms with Crippen molar-refractivity contribution >= 4 is 46.5 Å². The van der Waals surface area contributed by atoms with Gasteiger partial charge in [-0.1, -0.05) is 0 Å². The molecule has 0 aromatic heterocycles. The van der Waals surface area contributed by atoms with Gasteiger partial charge in [-0.3, -0.25) is 33.8 Å². The van der Waals surface area contributed by atoms with E-state index < -0.39 is 23.6 Å². The number of Topliss-reactive ketones (excluding diaryl/α,β-unsaturated/α-hetero) is 1. The van der Waals surface area contributed by atoms with Gasteiger partial charge in [0.05, 0.1) is 13.1 Å². The molecule has 0 saturated carbocycles. The number of amides is 4. The third-order valence-electron chi connectivity index (χ3n) is 4.70. The Morgan fingerprint density at radius 1 is 0.778 bits per heavy atom. The maximum Gasteiger partial charge on any atom is 0.261 e. The number of imide groups is 2. The van der Waals surface area contributed by atoms with E-state index >= 15 is 0 Å². The molecular formula is C19H12N2O6. The molecule has 0 spiro atoms. The minimum absolute atomic E-state index is 0.146. The SMILES string of the molecule is CC(=O)CN1C(=O)c2ccc3c4c(ccc(c24)C1=O)C(=O)N(CC=O)C3=O. The molecule has 134 valence electrons. The van der Waals surface area contributed by atoms with Crippen molar-refractivity contribution in [1.29, 1.82) is 0 Å². The summed E-state index contributed by atoms with van der Waals surface area (Å²) in [6, 6.07) is 5.60. The standard InChI is InChI=1S/C19H12N2O6/c1-9(23)8-21-18(26)12-4-2-10-14-11(3-5-13(15(12)14)19(21)27)17(25)20(6-7-22)16(10)24/h2-5,7H,6,8H2,1H3. The number of benzene rings is 2. The van der Waals surface area contributed by atoms with Crippen LogP contribution in [0.25, 0.3) is 10.8 Å². The highest BCUT2D eigenvalue weighted by molar-refractivity contribution is 6.33. The Labute approximate surface area is 152 Å². The van der Waals surface area contributed by atoms with Crippen LogP contribution >= 0.6 is 0 Å². The van der Waals surface area contributed by atoms with Crippen LogP contribution in [0.15, 0.2) is 24.3 Å². The lowest BCUT2D eigenvalue weighted by Crippen LogP contribution is -2.44. The molecule has 0 radical (unpaired) electrons. The maximum absolute atomic E-state index is 12.7. The number of carbonyl (C=O) groups is 6. The number of nitrogens with zero attached hydrogens (tertiary/aromatic N) is 2. The Balaban J connectivity index is 2.02. The van der Waals surface area contributed by atoms with Gasteiger partial charge >= 0.3 is 0 Å². The van der Waals surface area contributed by atoms with Crippen molar-refractivity contribution in [2.45, 2.75) is 6.92 Å². The molecule has 0 saturated heterocycles. The Hall–Kier alpha value is -3.68. The van der Waals surface area contributed by atoms with Crippen LogP contribution in [0, 0.1) is 0 Å². The topological polar surface area (TPSA) is 109 Å². The van der Waals surface area contributed by atoms with E-state index in [1.54, 1.807) is 0 Å². The maximum atomic E-state index is 12.7. The summed E-state index contributed by atoms with van der Waals surface area (Å²) in [4.78, 5) is 74.7. The highest BCUT2D eigenvalue weighted by Crippen LogP contribution is 2.37. The van der Waals surface area contributed by atoms with E-state index in [-0.39, 0.29) is 51.9 Å². The van der Waals surface area contributed by atoms with E-state index in [4.69, 9.17) is 0 Å². The van der Waals surface area contributed by atoms with Gasteiger partial charge in [0, 0.05) is 33.0 Å². The van der Waals surface area contributed by atoms with Crippen LogP contribution in [0.3, 0.4) is 0 Å². The second kappa shape index (κ2) is 5.66. The molecule has 2 aromatic carbocycles. The van der Waals surface area contributed by atoms with Crippen molar-refractivity contribution in [2.75, 3.05) is 13.1 Å². The van der Waals surface area contributed by atoms with E-state index in [2.05, 4.69) is 0 Å². The van der Waals surface area contributed by atoms with Gasteiger partial charge in [0.2, 0.25) is 0 Å². The van der Waals surface area contributed by atoms with E-state index in [1.807, 2.05) is 0 Å². The van der Waals surface area contributed by atoms with Crippen LogP contribution in [0.4, 0.5) is 0 Å². The van der Waals surface area contributed by atoms with Gasteiger partial charge in [0.25, 0.3) is 23.6 Å². The molecule has 2 aliphatic rings. The van der Waals surface area contributed by atoms with Crippen molar-refractivity contribution < 1.29 is 28.8 Å². The van der Waals surface area contributed by atoms with Gasteiger partial charge in [0.1, 0.15) is 12.1 Å². The van der Waals surface area contributed by atoms with Gasteiger partial charge < -0.3 is 4.79 Å². The van der Waals surface area contributed by atoms with Gasteiger partial charge in [-0.15, -0.1) is 0 Å². The Kier molecular flexibility index (Phi) is 3.52. The summed E-state index contributed by atoms with van der Waals surface area (Å²) < 4.78 is 0. The molecule has 0 bridgehead atoms. The lowest BCUT2D eigenvalue weighted by atomic mass is 9.86. The molecule has 0 N–H and O–H groups in total. The normalized spacial score (nSPS) is 15.6. The molecular weight excluding hydrogens is 352 g/mol. The number of rotatable bonds is 4. The first kappa shape index (κ1) is 16.8. The molecule has 2 heterocycles. The summed E-state index contributed by atoms with van der Waals surface area (Å²) in [5.74, 6) is -2.97. The molecule has 2 aromatic rings. The number of hydrogen-bond acceptors (Lipinski definition) is 6. The second-order valence-corrected chi connectivity index (χ2v) is 6.36. The molecule has 8 heteroatoms. The average Bonchev–Trinajstić information content (AvgIpc) is 2.64. The Bertz CT molecular complexity index is 1050. The predicted molar refractivity (Wildman–Crippen MR) is 91.4 cm³/mol.